The average Bonchev–Trinajstić information content (AvgIpc) is 3.03. The fourth-order valence-electron chi connectivity index (χ4n) is 2.60. The molecule has 30 heavy (non-hydrogen) atoms. The Morgan fingerprint density at radius 1 is 1.20 bits per heavy atom. The van der Waals surface area contributed by atoms with Crippen LogP contribution in [0.25, 0.3) is 11.4 Å². The molecule has 0 aliphatic carbocycles. The number of nitrogens with one attached hydrogen (secondary N) is 1. The lowest BCUT2D eigenvalue weighted by atomic mass is 10.1. The Labute approximate surface area is 178 Å². The minimum absolute atomic E-state index is 0.0949. The Balaban J connectivity index is 1.77. The van der Waals surface area contributed by atoms with Crippen molar-refractivity contribution in [2.75, 3.05) is 5.32 Å². The topological polar surface area (TPSA) is 59.8 Å². The Morgan fingerprint density at radius 3 is 2.57 bits per heavy atom. The van der Waals surface area contributed by atoms with E-state index in [0.717, 1.165) is 23.9 Å². The number of carbonyl (C=O) groups is 1. The number of thioether (sulfide) groups is 1. The third-order valence-corrected chi connectivity index (χ3v) is 5.52. The van der Waals surface area contributed by atoms with Crippen molar-refractivity contribution in [2.24, 2.45) is 7.05 Å². The first-order valence-corrected chi connectivity index (χ1v) is 9.82. The van der Waals surface area contributed by atoms with Crippen LogP contribution in [0.4, 0.5) is 23.2 Å². The van der Waals surface area contributed by atoms with Crippen molar-refractivity contribution in [3.63, 3.8) is 0 Å². The van der Waals surface area contributed by atoms with E-state index in [2.05, 4.69) is 15.5 Å². The number of aromatic nitrogens is 3. The van der Waals surface area contributed by atoms with Gasteiger partial charge in [-0.1, -0.05) is 35.5 Å². The van der Waals surface area contributed by atoms with Crippen molar-refractivity contribution in [1.82, 2.24) is 14.8 Å². The van der Waals surface area contributed by atoms with Crippen molar-refractivity contribution in [3.8, 4) is 11.4 Å². The van der Waals surface area contributed by atoms with Crippen LogP contribution in [0.3, 0.4) is 0 Å². The maximum atomic E-state index is 14.0. The molecular formula is C19H15ClF4N4OS. The van der Waals surface area contributed by atoms with E-state index in [-0.39, 0.29) is 16.4 Å². The lowest BCUT2D eigenvalue weighted by molar-refractivity contribution is -0.137. The lowest BCUT2D eigenvalue weighted by Crippen LogP contribution is -2.24. The molecule has 11 heteroatoms. The quantitative estimate of drug-likeness (QED) is 0.410. The monoisotopic (exact) mass is 458 g/mol. The Bertz CT molecular complexity index is 1090. The second kappa shape index (κ2) is 8.65. The SMILES string of the molecule is CC(Sc1nnc(-c2ccccc2F)n1C)C(=O)Nc1ccc(Cl)cc1C(F)(F)F. The summed E-state index contributed by atoms with van der Waals surface area (Å²) >= 11 is 6.63. The number of amides is 1. The average molecular weight is 459 g/mol. The zero-order chi connectivity index (χ0) is 22.1. The van der Waals surface area contributed by atoms with Crippen LogP contribution in [0.2, 0.25) is 5.02 Å². The first kappa shape index (κ1) is 22.1. The highest BCUT2D eigenvalue weighted by Gasteiger charge is 2.34. The normalized spacial score (nSPS) is 12.6. The molecule has 1 N–H and O–H groups in total. The Morgan fingerprint density at radius 2 is 1.90 bits per heavy atom. The van der Waals surface area contributed by atoms with Crippen LogP contribution >= 0.6 is 23.4 Å². The van der Waals surface area contributed by atoms with Gasteiger partial charge in [0.2, 0.25) is 5.91 Å². The standard InChI is InChI=1S/C19H15ClF4N4OS/c1-10(17(29)25-15-8-7-11(20)9-13(15)19(22,23)24)30-18-27-26-16(28(18)2)12-5-3-4-6-14(12)21/h3-10H,1-2H3,(H,25,29). The molecule has 1 atom stereocenters. The van der Waals surface area contributed by atoms with E-state index in [1.165, 1.54) is 23.6 Å². The number of alkyl halides is 3. The van der Waals surface area contributed by atoms with Crippen LogP contribution in [-0.4, -0.2) is 25.9 Å². The van der Waals surface area contributed by atoms with Gasteiger partial charge >= 0.3 is 6.18 Å². The number of hydrogen-bond acceptors (Lipinski definition) is 4. The molecule has 0 aliphatic heterocycles. The number of hydrogen-bond donors (Lipinski definition) is 1. The molecule has 2 aromatic carbocycles. The van der Waals surface area contributed by atoms with Crippen molar-refractivity contribution >= 4 is 35.0 Å². The summed E-state index contributed by atoms with van der Waals surface area (Å²) in [5.74, 6) is -0.874. The Hall–Kier alpha value is -2.59. The highest BCUT2D eigenvalue weighted by molar-refractivity contribution is 8.00. The molecule has 0 bridgehead atoms. The Kier molecular flexibility index (Phi) is 6.37. The molecule has 158 valence electrons. The number of carbonyl (C=O) groups excluding carboxylic acids is 1. The highest BCUT2D eigenvalue weighted by Crippen LogP contribution is 2.37. The van der Waals surface area contributed by atoms with Gasteiger partial charge < -0.3 is 9.88 Å². The summed E-state index contributed by atoms with van der Waals surface area (Å²) < 4.78 is 55.1. The van der Waals surface area contributed by atoms with Crippen molar-refractivity contribution in [2.45, 2.75) is 23.5 Å². The number of anilines is 1. The highest BCUT2D eigenvalue weighted by atomic mass is 35.5. The molecule has 0 saturated carbocycles. The summed E-state index contributed by atoms with van der Waals surface area (Å²) in [5.41, 5.74) is -1.19. The largest absolute Gasteiger partial charge is 0.418 e. The van der Waals surface area contributed by atoms with Crippen molar-refractivity contribution in [3.05, 3.63) is 58.9 Å². The van der Waals surface area contributed by atoms with Crippen LogP contribution in [0.15, 0.2) is 47.6 Å². The maximum absolute atomic E-state index is 14.0. The van der Waals surface area contributed by atoms with Gasteiger partial charge in [-0.3, -0.25) is 4.79 Å². The van der Waals surface area contributed by atoms with Gasteiger partial charge in [0.05, 0.1) is 22.1 Å². The molecule has 0 fully saturated rings. The van der Waals surface area contributed by atoms with E-state index in [4.69, 9.17) is 11.6 Å². The summed E-state index contributed by atoms with van der Waals surface area (Å²) in [7, 11) is 1.61. The van der Waals surface area contributed by atoms with Crippen LogP contribution < -0.4 is 5.32 Å². The number of rotatable bonds is 5. The molecule has 1 aromatic heterocycles. The van der Waals surface area contributed by atoms with Gasteiger partial charge in [0.15, 0.2) is 11.0 Å². The molecule has 0 aliphatic rings. The van der Waals surface area contributed by atoms with Gasteiger partial charge in [0.1, 0.15) is 5.82 Å². The van der Waals surface area contributed by atoms with E-state index in [0.29, 0.717) is 5.16 Å². The zero-order valence-electron chi connectivity index (χ0n) is 15.7. The van der Waals surface area contributed by atoms with E-state index < -0.39 is 34.4 Å². The summed E-state index contributed by atoms with van der Waals surface area (Å²) in [6.07, 6.45) is -4.68. The molecule has 1 heterocycles. The molecule has 0 spiro atoms. The smallest absolute Gasteiger partial charge is 0.325 e. The van der Waals surface area contributed by atoms with Gasteiger partial charge in [0, 0.05) is 12.1 Å². The van der Waals surface area contributed by atoms with Gasteiger partial charge in [-0.2, -0.15) is 13.2 Å². The molecule has 1 amide bonds. The molecular weight excluding hydrogens is 444 g/mol. The fraction of sp³-hybridized carbons (Fsp3) is 0.211. The predicted molar refractivity (Wildman–Crippen MR) is 107 cm³/mol. The molecule has 3 rings (SSSR count). The van der Waals surface area contributed by atoms with Crippen LogP contribution in [0.5, 0.6) is 0 Å². The maximum Gasteiger partial charge on any atom is 0.418 e. The van der Waals surface area contributed by atoms with Crippen LogP contribution in [0, 0.1) is 5.82 Å². The molecule has 1 unspecified atom stereocenters. The first-order chi connectivity index (χ1) is 14.1. The van der Waals surface area contributed by atoms with E-state index in [1.807, 2.05) is 0 Å². The second-order valence-electron chi connectivity index (χ2n) is 6.28. The predicted octanol–water partition coefficient (Wildman–Crippen LogP) is 5.41. The minimum Gasteiger partial charge on any atom is -0.325 e. The second-order valence-corrected chi connectivity index (χ2v) is 8.03. The molecule has 3 aromatic rings. The summed E-state index contributed by atoms with van der Waals surface area (Å²) in [4.78, 5) is 12.5. The van der Waals surface area contributed by atoms with E-state index in [1.54, 1.807) is 25.2 Å². The molecule has 0 saturated heterocycles. The van der Waals surface area contributed by atoms with Crippen LogP contribution in [-0.2, 0) is 18.0 Å². The van der Waals surface area contributed by atoms with Crippen molar-refractivity contribution in [1.29, 1.82) is 0 Å². The first-order valence-electron chi connectivity index (χ1n) is 8.56. The van der Waals surface area contributed by atoms with Gasteiger partial charge in [0.25, 0.3) is 0 Å². The summed E-state index contributed by atoms with van der Waals surface area (Å²) in [5, 5.41) is 9.60. The zero-order valence-corrected chi connectivity index (χ0v) is 17.2. The third-order valence-electron chi connectivity index (χ3n) is 4.15. The van der Waals surface area contributed by atoms with Gasteiger partial charge in [-0.05, 0) is 37.3 Å². The van der Waals surface area contributed by atoms with E-state index >= 15 is 0 Å². The number of benzene rings is 2. The van der Waals surface area contributed by atoms with E-state index in [9.17, 15) is 22.4 Å². The number of nitrogens with zero attached hydrogens (tertiary/aromatic N) is 3. The molecule has 5 nitrogen and oxygen atoms in total. The third kappa shape index (κ3) is 4.76. The van der Waals surface area contributed by atoms with Gasteiger partial charge in [-0.25, -0.2) is 4.39 Å². The fourth-order valence-corrected chi connectivity index (χ4v) is 3.59. The van der Waals surface area contributed by atoms with Crippen molar-refractivity contribution < 1.29 is 22.4 Å². The lowest BCUT2D eigenvalue weighted by Gasteiger charge is -2.16. The summed E-state index contributed by atoms with van der Waals surface area (Å²) in [6, 6.07) is 9.13. The number of halogens is 5. The van der Waals surface area contributed by atoms with Gasteiger partial charge in [-0.15, -0.1) is 10.2 Å². The van der Waals surface area contributed by atoms with Crippen LogP contribution in [0.1, 0.15) is 12.5 Å². The summed E-state index contributed by atoms with van der Waals surface area (Å²) in [6.45, 7) is 1.51. The minimum atomic E-state index is -4.68. The molecule has 0 radical (unpaired) electrons.